The fourth-order valence-corrected chi connectivity index (χ4v) is 7.08. The second-order valence-electron chi connectivity index (χ2n) is 13.2. The third-order valence-corrected chi connectivity index (χ3v) is 9.77. The van der Waals surface area contributed by atoms with Crippen LogP contribution in [-0.2, 0) is 9.47 Å². The number of ether oxygens (including phenoxy) is 2. The van der Waals surface area contributed by atoms with Crippen LogP contribution in [0.2, 0.25) is 0 Å². The molecule has 2 aliphatic rings. The van der Waals surface area contributed by atoms with Gasteiger partial charge in [0.05, 0.1) is 33.0 Å². The van der Waals surface area contributed by atoms with Crippen molar-refractivity contribution in [2.45, 2.75) is 26.3 Å². The van der Waals surface area contributed by atoms with E-state index >= 15 is 0 Å². The van der Waals surface area contributed by atoms with E-state index < -0.39 is 0 Å². The van der Waals surface area contributed by atoms with Gasteiger partial charge in [0.2, 0.25) is 0 Å². The number of aliphatic hydroxyl groups excluding tert-OH is 1. The molecule has 0 fully saturated rings. The summed E-state index contributed by atoms with van der Waals surface area (Å²) in [6.07, 6.45) is 0.784. The van der Waals surface area contributed by atoms with Crippen molar-refractivity contribution in [3.8, 4) is 0 Å². The minimum absolute atomic E-state index is 0.0385. The number of hydrogen-bond donors (Lipinski definition) is 1. The van der Waals surface area contributed by atoms with E-state index in [0.717, 1.165) is 29.1 Å². The van der Waals surface area contributed by atoms with Crippen LogP contribution in [0, 0.1) is 0 Å². The van der Waals surface area contributed by atoms with Crippen LogP contribution in [0.25, 0.3) is 21.5 Å². The van der Waals surface area contributed by atoms with Crippen LogP contribution in [0.15, 0.2) is 72.8 Å². The van der Waals surface area contributed by atoms with E-state index in [1.807, 2.05) is 48.5 Å². The Balaban J connectivity index is 1.07. The number of amides is 4. The minimum Gasteiger partial charge on any atom is -0.394 e. The molecule has 4 amide bonds. The molecule has 0 atom stereocenters. The summed E-state index contributed by atoms with van der Waals surface area (Å²) in [5.41, 5.74) is 2.20. The van der Waals surface area contributed by atoms with E-state index in [1.165, 1.54) is 9.80 Å². The van der Waals surface area contributed by atoms with Gasteiger partial charge in [-0.3, -0.25) is 38.8 Å². The zero-order chi connectivity index (χ0) is 35.9. The summed E-state index contributed by atoms with van der Waals surface area (Å²) in [5, 5.41) is 12.1. The van der Waals surface area contributed by atoms with Crippen molar-refractivity contribution >= 4 is 45.2 Å². The molecule has 0 aromatic heterocycles. The first-order valence-corrected chi connectivity index (χ1v) is 17.8. The molecule has 4 aromatic rings. The molecule has 0 bridgehead atoms. The Hall–Kier alpha value is -4.52. The lowest BCUT2D eigenvalue weighted by Crippen LogP contribution is -2.47. The highest BCUT2D eigenvalue weighted by molar-refractivity contribution is 6.26. The summed E-state index contributed by atoms with van der Waals surface area (Å²) in [6, 6.07) is 22.4. The molecule has 1 N–H and O–H groups in total. The van der Waals surface area contributed by atoms with E-state index in [1.54, 1.807) is 24.3 Å². The van der Waals surface area contributed by atoms with E-state index in [2.05, 4.69) is 23.6 Å². The number of carbonyl (C=O) groups is 4. The molecule has 0 saturated carbocycles. The summed E-state index contributed by atoms with van der Waals surface area (Å²) in [4.78, 5) is 61.2. The summed E-state index contributed by atoms with van der Waals surface area (Å²) in [5.74, 6) is -1.09. The quantitative estimate of drug-likeness (QED) is 0.113. The van der Waals surface area contributed by atoms with Crippen LogP contribution in [0.5, 0.6) is 0 Å². The number of hydrogen-bond acceptors (Lipinski definition) is 9. The van der Waals surface area contributed by atoms with Gasteiger partial charge in [-0.25, -0.2) is 0 Å². The molecule has 0 unspecified atom stereocenters. The van der Waals surface area contributed by atoms with Crippen LogP contribution in [-0.4, -0.2) is 133 Å². The number of carbonyl (C=O) groups excluding carboxylic acids is 4. The molecule has 6 rings (SSSR count). The first-order chi connectivity index (χ1) is 24.8. The van der Waals surface area contributed by atoms with Gasteiger partial charge in [0.1, 0.15) is 0 Å². The number of rotatable bonds is 19. The predicted molar refractivity (Wildman–Crippen MR) is 195 cm³/mol. The second kappa shape index (κ2) is 16.7. The normalized spacial score (nSPS) is 14.4. The molecular formula is C40H46N4O7. The Morgan fingerprint density at radius 2 is 1.02 bits per heavy atom. The maximum absolute atomic E-state index is 13.5. The monoisotopic (exact) mass is 694 g/mol. The lowest BCUT2D eigenvalue weighted by molar-refractivity contribution is 0.0253. The molecule has 51 heavy (non-hydrogen) atoms. The van der Waals surface area contributed by atoms with Crippen molar-refractivity contribution in [3.63, 3.8) is 0 Å². The fourth-order valence-electron chi connectivity index (χ4n) is 7.08. The van der Waals surface area contributed by atoms with Gasteiger partial charge in [-0.15, -0.1) is 0 Å². The van der Waals surface area contributed by atoms with E-state index in [9.17, 15) is 19.2 Å². The largest absolute Gasteiger partial charge is 0.394 e. The first-order valence-electron chi connectivity index (χ1n) is 17.8. The average Bonchev–Trinajstić information content (AvgIpc) is 3.14. The maximum Gasteiger partial charge on any atom is 0.261 e. The molecule has 268 valence electrons. The third-order valence-electron chi connectivity index (χ3n) is 9.77. The fraction of sp³-hybridized carbons (Fsp3) is 0.400. The number of imide groups is 2. The van der Waals surface area contributed by atoms with Gasteiger partial charge in [0.25, 0.3) is 23.6 Å². The van der Waals surface area contributed by atoms with E-state index in [-0.39, 0.29) is 56.0 Å². The van der Waals surface area contributed by atoms with Crippen molar-refractivity contribution in [3.05, 3.63) is 95.1 Å². The Morgan fingerprint density at radius 3 is 1.47 bits per heavy atom. The van der Waals surface area contributed by atoms with Crippen molar-refractivity contribution in [2.75, 3.05) is 78.8 Å². The van der Waals surface area contributed by atoms with Gasteiger partial charge >= 0.3 is 0 Å². The zero-order valence-electron chi connectivity index (χ0n) is 29.4. The average molecular weight is 695 g/mol. The Kier molecular flexibility index (Phi) is 11.9. The zero-order valence-corrected chi connectivity index (χ0v) is 29.4. The summed E-state index contributed by atoms with van der Waals surface area (Å²) in [6.45, 7) is 9.18. The second-order valence-corrected chi connectivity index (χ2v) is 13.2. The van der Waals surface area contributed by atoms with Crippen LogP contribution in [0.4, 0.5) is 0 Å². The molecule has 0 radical (unpaired) electrons. The van der Waals surface area contributed by atoms with Gasteiger partial charge in [-0.1, -0.05) is 48.5 Å². The van der Waals surface area contributed by atoms with Gasteiger partial charge in [-0.05, 0) is 68.4 Å². The van der Waals surface area contributed by atoms with Crippen LogP contribution < -0.4 is 0 Å². The van der Waals surface area contributed by atoms with Gasteiger partial charge in [-0.2, -0.15) is 0 Å². The molecule has 0 spiro atoms. The highest BCUT2D eigenvalue weighted by Gasteiger charge is 2.34. The number of aliphatic hydroxyl groups is 1. The van der Waals surface area contributed by atoms with Crippen molar-refractivity contribution in [1.82, 2.24) is 19.6 Å². The third kappa shape index (κ3) is 7.88. The highest BCUT2D eigenvalue weighted by Crippen LogP contribution is 2.31. The molecule has 4 aromatic carbocycles. The molecule has 0 saturated heterocycles. The minimum atomic E-state index is -0.284. The maximum atomic E-state index is 13.5. The molecule has 2 heterocycles. The molecule has 2 aliphatic heterocycles. The van der Waals surface area contributed by atoms with Crippen molar-refractivity contribution in [1.29, 1.82) is 0 Å². The number of nitrogens with zero attached hydrogens (tertiary/aromatic N) is 4. The standard InChI is InChI=1S/C40H46N4O7/c1-28(2)42(19-21-44-39(48)33-14-5-10-30-11-6-15-34(36(30)33)40(44)49)17-7-16-41(22-24-50-26-27-51-25-23-45)18-20-43-37(46)31-12-3-8-29-9-4-13-32(35(29)31)38(43)47/h3-6,8-15,28,45H,7,16-27H2,1-2H3. The molecule has 0 aliphatic carbocycles. The van der Waals surface area contributed by atoms with Crippen LogP contribution in [0.1, 0.15) is 61.7 Å². The van der Waals surface area contributed by atoms with Gasteiger partial charge in [0.15, 0.2) is 0 Å². The molecular weight excluding hydrogens is 648 g/mol. The smallest absolute Gasteiger partial charge is 0.261 e. The Labute approximate surface area is 298 Å². The summed E-state index contributed by atoms with van der Waals surface area (Å²) < 4.78 is 11.1. The van der Waals surface area contributed by atoms with Gasteiger partial charge in [0, 0.05) is 71.8 Å². The summed E-state index contributed by atoms with van der Waals surface area (Å²) in [7, 11) is 0. The van der Waals surface area contributed by atoms with Gasteiger partial charge < -0.3 is 14.6 Å². The van der Waals surface area contributed by atoms with Crippen LogP contribution >= 0.6 is 0 Å². The summed E-state index contributed by atoms with van der Waals surface area (Å²) >= 11 is 0. The molecule has 11 heteroatoms. The first kappa shape index (κ1) is 36.3. The highest BCUT2D eigenvalue weighted by atomic mass is 16.5. The Morgan fingerprint density at radius 1 is 0.569 bits per heavy atom. The van der Waals surface area contributed by atoms with E-state index in [0.29, 0.717) is 73.6 Å². The predicted octanol–water partition coefficient (Wildman–Crippen LogP) is 4.31. The van der Waals surface area contributed by atoms with Crippen molar-refractivity contribution in [2.24, 2.45) is 0 Å². The van der Waals surface area contributed by atoms with E-state index in [4.69, 9.17) is 14.6 Å². The lowest BCUT2D eigenvalue weighted by atomic mass is 9.94. The van der Waals surface area contributed by atoms with Crippen LogP contribution in [0.3, 0.4) is 0 Å². The lowest BCUT2D eigenvalue weighted by Gasteiger charge is -2.33. The SMILES string of the molecule is CC(C)N(CCCN(CCOCCOCCO)CCN1C(=O)c2cccc3cccc(c23)C1=O)CCN1C(=O)c2cccc3cccc(c23)C1=O. The molecule has 11 nitrogen and oxygen atoms in total. The number of benzene rings is 4. The van der Waals surface area contributed by atoms with Crippen molar-refractivity contribution < 1.29 is 33.8 Å². The topological polar surface area (TPSA) is 120 Å². The Bertz CT molecular complexity index is 1810.